The van der Waals surface area contributed by atoms with E-state index in [1.54, 1.807) is 6.20 Å². The molecule has 0 unspecified atom stereocenters. The van der Waals surface area contributed by atoms with E-state index in [0.29, 0.717) is 12.0 Å². The molecule has 26 heavy (non-hydrogen) atoms. The predicted molar refractivity (Wildman–Crippen MR) is 99.4 cm³/mol. The number of carbonyl (C=O) groups excluding carboxylic acids is 1. The van der Waals surface area contributed by atoms with Crippen LogP contribution in [0.1, 0.15) is 50.7 Å². The number of fused-ring (bicyclic) bond motifs is 3. The average molecular weight is 354 g/mol. The number of rotatable bonds is 3. The van der Waals surface area contributed by atoms with E-state index in [4.69, 9.17) is 4.74 Å². The molecule has 0 saturated carbocycles. The highest BCUT2D eigenvalue weighted by atomic mass is 16.5. The normalized spacial score (nSPS) is 24.5. The van der Waals surface area contributed by atoms with Gasteiger partial charge in [-0.15, -0.1) is 0 Å². The van der Waals surface area contributed by atoms with Crippen LogP contribution < -0.4 is 10.6 Å². The summed E-state index contributed by atoms with van der Waals surface area (Å²) < 4.78 is 7.44. The van der Waals surface area contributed by atoms with Gasteiger partial charge in [0, 0.05) is 30.0 Å². The van der Waals surface area contributed by atoms with Gasteiger partial charge < -0.3 is 15.4 Å². The topological polar surface area (TPSA) is 68.2 Å². The van der Waals surface area contributed by atoms with E-state index in [9.17, 15) is 4.79 Å². The molecular formula is C20H26N4O2. The van der Waals surface area contributed by atoms with Gasteiger partial charge in [-0.1, -0.05) is 18.2 Å². The van der Waals surface area contributed by atoms with Crippen molar-refractivity contribution in [3.05, 3.63) is 48.0 Å². The van der Waals surface area contributed by atoms with Gasteiger partial charge in [-0.05, 0) is 45.4 Å². The van der Waals surface area contributed by atoms with Crippen LogP contribution in [-0.4, -0.2) is 22.1 Å². The first-order valence-electron chi connectivity index (χ1n) is 9.22. The molecule has 4 rings (SSSR count). The molecule has 0 aliphatic carbocycles. The van der Waals surface area contributed by atoms with E-state index in [-0.39, 0.29) is 18.7 Å². The van der Waals surface area contributed by atoms with Crippen LogP contribution in [0.25, 0.3) is 0 Å². The number of anilines is 1. The number of ether oxygens (including phenoxy) is 1. The lowest BCUT2D eigenvalue weighted by molar-refractivity contribution is -0.157. The second kappa shape index (κ2) is 6.43. The molecule has 138 valence electrons. The maximum atomic E-state index is 12.1. The third-order valence-electron chi connectivity index (χ3n) is 5.28. The van der Waals surface area contributed by atoms with E-state index in [1.165, 1.54) is 5.56 Å². The molecule has 1 saturated heterocycles. The molecule has 0 bridgehead atoms. The fourth-order valence-corrected chi connectivity index (χ4v) is 3.91. The van der Waals surface area contributed by atoms with Crippen molar-refractivity contribution in [1.29, 1.82) is 0 Å². The molecule has 0 radical (unpaired) electrons. The van der Waals surface area contributed by atoms with Gasteiger partial charge in [0.25, 0.3) is 0 Å². The van der Waals surface area contributed by atoms with E-state index in [2.05, 4.69) is 39.9 Å². The maximum Gasteiger partial charge on any atom is 0.312 e. The molecule has 3 heterocycles. The standard InChI is InChI=1S/C20H26N4O2/c1-20(2,3)19(25)26-12-24-11-10-22-18(24)17-14-8-9-21-16(14)13-6-4-5-7-15(13)23-17/h4-7,10-11,14,16-17,21,23H,8-9,12H2,1-3H3/t14-,16+,17-/m0/s1. The lowest BCUT2D eigenvalue weighted by Crippen LogP contribution is -2.34. The Morgan fingerprint density at radius 2 is 2.12 bits per heavy atom. The number of benzene rings is 1. The van der Waals surface area contributed by atoms with Crippen LogP contribution in [-0.2, 0) is 16.3 Å². The number of hydrogen-bond donors (Lipinski definition) is 2. The summed E-state index contributed by atoms with van der Waals surface area (Å²) in [6, 6.07) is 8.87. The number of carbonyl (C=O) groups is 1. The summed E-state index contributed by atoms with van der Waals surface area (Å²) in [5.74, 6) is 1.13. The van der Waals surface area contributed by atoms with Crippen LogP contribution in [0, 0.1) is 11.3 Å². The summed E-state index contributed by atoms with van der Waals surface area (Å²) in [7, 11) is 0. The summed E-state index contributed by atoms with van der Waals surface area (Å²) in [6.45, 7) is 6.77. The van der Waals surface area contributed by atoms with Crippen molar-refractivity contribution < 1.29 is 9.53 Å². The fraction of sp³-hybridized carbons (Fsp3) is 0.500. The number of nitrogens with zero attached hydrogens (tertiary/aromatic N) is 2. The molecule has 6 nitrogen and oxygen atoms in total. The third kappa shape index (κ3) is 2.98. The zero-order valence-corrected chi connectivity index (χ0v) is 15.5. The van der Waals surface area contributed by atoms with Crippen molar-refractivity contribution in [3.8, 4) is 0 Å². The lowest BCUT2D eigenvalue weighted by atomic mass is 9.83. The Hall–Kier alpha value is -2.34. The minimum atomic E-state index is -0.511. The highest BCUT2D eigenvalue weighted by Crippen LogP contribution is 2.46. The summed E-state index contributed by atoms with van der Waals surface area (Å²) in [4.78, 5) is 16.7. The Morgan fingerprint density at radius 3 is 2.92 bits per heavy atom. The minimum Gasteiger partial charge on any atom is -0.443 e. The molecule has 0 amide bonds. The smallest absolute Gasteiger partial charge is 0.312 e. The summed E-state index contributed by atoms with van der Waals surface area (Å²) >= 11 is 0. The number of para-hydroxylation sites is 1. The van der Waals surface area contributed by atoms with Gasteiger partial charge in [0.05, 0.1) is 11.5 Å². The molecule has 1 aromatic heterocycles. The molecule has 3 atom stereocenters. The molecule has 2 aliphatic heterocycles. The van der Waals surface area contributed by atoms with Crippen molar-refractivity contribution in [2.75, 3.05) is 11.9 Å². The lowest BCUT2D eigenvalue weighted by Gasteiger charge is -2.36. The SMILES string of the molecule is CC(C)(C)C(=O)OCn1ccnc1[C@H]1Nc2ccccc2[C@H]2NCC[C@@H]21. The van der Waals surface area contributed by atoms with Gasteiger partial charge in [-0.3, -0.25) is 9.36 Å². The zero-order valence-electron chi connectivity index (χ0n) is 15.5. The van der Waals surface area contributed by atoms with Crippen molar-refractivity contribution in [3.63, 3.8) is 0 Å². The Morgan fingerprint density at radius 1 is 1.31 bits per heavy atom. The maximum absolute atomic E-state index is 12.1. The number of aromatic nitrogens is 2. The summed E-state index contributed by atoms with van der Waals surface area (Å²) in [5, 5.41) is 7.30. The first-order valence-corrected chi connectivity index (χ1v) is 9.22. The Bertz CT molecular complexity index is 808. The molecule has 1 aromatic carbocycles. The van der Waals surface area contributed by atoms with Crippen LogP contribution in [0.3, 0.4) is 0 Å². The van der Waals surface area contributed by atoms with Crippen LogP contribution in [0.2, 0.25) is 0 Å². The van der Waals surface area contributed by atoms with Crippen LogP contribution in [0.5, 0.6) is 0 Å². The van der Waals surface area contributed by atoms with Crippen molar-refractivity contribution in [2.45, 2.75) is 46.0 Å². The first-order chi connectivity index (χ1) is 12.4. The Kier molecular flexibility index (Phi) is 4.23. The van der Waals surface area contributed by atoms with Crippen LogP contribution in [0.15, 0.2) is 36.7 Å². The van der Waals surface area contributed by atoms with Crippen molar-refractivity contribution in [1.82, 2.24) is 14.9 Å². The van der Waals surface area contributed by atoms with E-state index in [0.717, 1.165) is 24.5 Å². The predicted octanol–water partition coefficient (Wildman–Crippen LogP) is 3.25. The average Bonchev–Trinajstić information content (AvgIpc) is 3.27. The third-order valence-corrected chi connectivity index (χ3v) is 5.28. The molecule has 1 fully saturated rings. The second-order valence-electron chi connectivity index (χ2n) is 8.16. The largest absolute Gasteiger partial charge is 0.443 e. The number of imidazole rings is 1. The van der Waals surface area contributed by atoms with Gasteiger partial charge >= 0.3 is 5.97 Å². The molecule has 2 aromatic rings. The molecule has 0 spiro atoms. The summed E-state index contributed by atoms with van der Waals surface area (Å²) in [6.07, 6.45) is 4.75. The van der Waals surface area contributed by atoms with E-state index in [1.807, 2.05) is 31.5 Å². The molecule has 2 aliphatic rings. The molecule has 6 heteroatoms. The Labute approximate surface area is 154 Å². The summed E-state index contributed by atoms with van der Waals surface area (Å²) in [5.41, 5.74) is 1.96. The highest BCUT2D eigenvalue weighted by Gasteiger charge is 2.41. The van der Waals surface area contributed by atoms with Gasteiger partial charge in [-0.25, -0.2) is 4.98 Å². The quantitative estimate of drug-likeness (QED) is 0.828. The van der Waals surface area contributed by atoms with E-state index >= 15 is 0 Å². The number of nitrogens with one attached hydrogen (secondary N) is 2. The van der Waals surface area contributed by atoms with Crippen LogP contribution in [0.4, 0.5) is 5.69 Å². The highest BCUT2D eigenvalue weighted by molar-refractivity contribution is 5.75. The van der Waals surface area contributed by atoms with Crippen LogP contribution >= 0.6 is 0 Å². The second-order valence-corrected chi connectivity index (χ2v) is 8.16. The zero-order chi connectivity index (χ0) is 18.3. The van der Waals surface area contributed by atoms with Crippen molar-refractivity contribution in [2.24, 2.45) is 11.3 Å². The molecule has 2 N–H and O–H groups in total. The Balaban J connectivity index is 1.59. The van der Waals surface area contributed by atoms with Gasteiger partial charge in [0.2, 0.25) is 0 Å². The fourth-order valence-electron chi connectivity index (χ4n) is 3.91. The van der Waals surface area contributed by atoms with Gasteiger partial charge in [0.1, 0.15) is 5.82 Å². The number of hydrogen-bond acceptors (Lipinski definition) is 5. The monoisotopic (exact) mass is 354 g/mol. The number of esters is 1. The molecular weight excluding hydrogens is 328 g/mol. The van der Waals surface area contributed by atoms with E-state index < -0.39 is 5.41 Å². The van der Waals surface area contributed by atoms with Crippen molar-refractivity contribution >= 4 is 11.7 Å². The van der Waals surface area contributed by atoms with Gasteiger partial charge in [0.15, 0.2) is 6.73 Å². The minimum absolute atomic E-state index is 0.0910. The van der Waals surface area contributed by atoms with Gasteiger partial charge in [-0.2, -0.15) is 0 Å². The first kappa shape index (κ1) is 17.1.